The number of alkyl halides is 3. The first-order valence-electron chi connectivity index (χ1n) is 8.44. The molecule has 4 N–H and O–H groups in total. The Hall–Kier alpha value is -2.66. The van der Waals surface area contributed by atoms with Crippen molar-refractivity contribution in [2.45, 2.75) is 25.1 Å². The molecule has 0 saturated carbocycles. The molecule has 27 heavy (non-hydrogen) atoms. The van der Waals surface area contributed by atoms with E-state index in [1.54, 1.807) is 0 Å². The molecule has 0 radical (unpaired) electrons. The largest absolute Gasteiger partial charge is 0.573 e. The van der Waals surface area contributed by atoms with E-state index in [2.05, 4.69) is 31.1 Å². The lowest BCUT2D eigenvalue weighted by Gasteiger charge is -2.36. The zero-order valence-corrected chi connectivity index (χ0v) is 14.1. The number of carbonyl (C=O) groups is 1. The van der Waals surface area contributed by atoms with Crippen LogP contribution in [-0.2, 0) is 4.74 Å². The number of nitrogens with one attached hydrogen (secondary N) is 4. The highest BCUT2D eigenvalue weighted by Gasteiger charge is 2.35. The van der Waals surface area contributed by atoms with Crippen LogP contribution in [0.1, 0.15) is 16.8 Å². The van der Waals surface area contributed by atoms with Crippen molar-refractivity contribution >= 4 is 11.7 Å². The molecular formula is C16H18F3N5O3. The SMILES string of the molecule is O=C1OC(C2CC=C(N3CCNC3)NN2)Nc2ccc(OC(F)(F)F)cc21. The molecule has 2 unspecified atom stereocenters. The predicted octanol–water partition coefficient (Wildman–Crippen LogP) is 1.06. The molecule has 146 valence electrons. The van der Waals surface area contributed by atoms with Gasteiger partial charge in [0.25, 0.3) is 0 Å². The van der Waals surface area contributed by atoms with Gasteiger partial charge < -0.3 is 25.1 Å². The van der Waals surface area contributed by atoms with Gasteiger partial charge in [0.15, 0.2) is 6.23 Å². The number of halogens is 3. The number of hydrogen-bond donors (Lipinski definition) is 4. The second-order valence-corrected chi connectivity index (χ2v) is 6.35. The number of rotatable bonds is 3. The summed E-state index contributed by atoms with van der Waals surface area (Å²) >= 11 is 0. The van der Waals surface area contributed by atoms with Crippen LogP contribution in [0.2, 0.25) is 0 Å². The van der Waals surface area contributed by atoms with Crippen LogP contribution in [0.25, 0.3) is 0 Å². The zero-order chi connectivity index (χ0) is 19.0. The number of nitrogens with zero attached hydrogens (tertiary/aromatic N) is 1. The Kier molecular flexibility index (Phi) is 4.48. The van der Waals surface area contributed by atoms with Gasteiger partial charge in [-0.2, -0.15) is 0 Å². The molecule has 8 nitrogen and oxygen atoms in total. The summed E-state index contributed by atoms with van der Waals surface area (Å²) in [7, 11) is 0. The summed E-state index contributed by atoms with van der Waals surface area (Å²) in [5, 5.41) is 6.27. The average molecular weight is 385 g/mol. The first kappa shape index (κ1) is 17.7. The zero-order valence-electron chi connectivity index (χ0n) is 14.1. The van der Waals surface area contributed by atoms with Gasteiger partial charge in [-0.25, -0.2) is 10.2 Å². The van der Waals surface area contributed by atoms with Crippen molar-refractivity contribution in [3.05, 3.63) is 35.7 Å². The van der Waals surface area contributed by atoms with Gasteiger partial charge in [0.05, 0.1) is 24.0 Å². The minimum absolute atomic E-state index is 0.00357. The molecule has 0 aromatic heterocycles. The summed E-state index contributed by atoms with van der Waals surface area (Å²) in [6.07, 6.45) is -2.87. The highest BCUT2D eigenvalue weighted by molar-refractivity contribution is 5.97. The van der Waals surface area contributed by atoms with E-state index in [1.807, 2.05) is 6.08 Å². The van der Waals surface area contributed by atoms with E-state index in [1.165, 1.54) is 6.07 Å². The molecular weight excluding hydrogens is 367 g/mol. The van der Waals surface area contributed by atoms with Gasteiger partial charge in [-0.15, -0.1) is 13.2 Å². The molecule has 1 fully saturated rings. The van der Waals surface area contributed by atoms with Gasteiger partial charge in [0, 0.05) is 13.1 Å². The van der Waals surface area contributed by atoms with E-state index in [0.717, 1.165) is 37.7 Å². The highest BCUT2D eigenvalue weighted by Crippen LogP contribution is 2.31. The number of hydrogen-bond acceptors (Lipinski definition) is 8. The minimum atomic E-state index is -4.82. The Morgan fingerprint density at radius 1 is 1.30 bits per heavy atom. The van der Waals surface area contributed by atoms with Crippen LogP contribution in [0, 0.1) is 0 Å². The van der Waals surface area contributed by atoms with E-state index in [4.69, 9.17) is 4.74 Å². The number of carbonyl (C=O) groups excluding carboxylic acids is 1. The Balaban J connectivity index is 1.44. The van der Waals surface area contributed by atoms with Gasteiger partial charge >= 0.3 is 12.3 Å². The Morgan fingerprint density at radius 3 is 2.81 bits per heavy atom. The summed E-state index contributed by atoms with van der Waals surface area (Å²) in [6.45, 7) is 2.58. The van der Waals surface area contributed by atoms with Crippen molar-refractivity contribution in [3.8, 4) is 5.75 Å². The van der Waals surface area contributed by atoms with Gasteiger partial charge in [-0.05, 0) is 30.7 Å². The number of esters is 1. The fourth-order valence-corrected chi connectivity index (χ4v) is 3.19. The van der Waals surface area contributed by atoms with E-state index >= 15 is 0 Å². The van der Waals surface area contributed by atoms with Crippen molar-refractivity contribution in [1.82, 2.24) is 21.1 Å². The smallest absolute Gasteiger partial charge is 0.436 e. The molecule has 1 aromatic carbocycles. The second kappa shape index (κ2) is 6.82. The van der Waals surface area contributed by atoms with E-state index < -0.39 is 24.3 Å². The molecule has 4 rings (SSSR count). The lowest BCUT2D eigenvalue weighted by Crippen LogP contribution is -2.56. The molecule has 1 saturated heterocycles. The van der Waals surface area contributed by atoms with E-state index in [0.29, 0.717) is 12.1 Å². The number of hydrazine groups is 1. The van der Waals surface area contributed by atoms with E-state index in [9.17, 15) is 18.0 Å². The summed E-state index contributed by atoms with van der Waals surface area (Å²) < 4.78 is 46.2. The van der Waals surface area contributed by atoms with Crippen LogP contribution in [0.5, 0.6) is 5.75 Å². The molecule has 3 heterocycles. The third-order valence-corrected chi connectivity index (χ3v) is 4.49. The molecule has 0 bridgehead atoms. The number of ether oxygens (including phenoxy) is 2. The summed E-state index contributed by atoms with van der Waals surface area (Å²) in [6, 6.07) is 3.30. The molecule has 0 aliphatic carbocycles. The van der Waals surface area contributed by atoms with Crippen molar-refractivity contribution in [1.29, 1.82) is 0 Å². The Labute approximate surface area is 152 Å². The topological polar surface area (TPSA) is 86.9 Å². The first-order chi connectivity index (χ1) is 12.9. The van der Waals surface area contributed by atoms with Gasteiger partial charge in [0.2, 0.25) is 0 Å². The van der Waals surface area contributed by atoms with Crippen LogP contribution in [0.15, 0.2) is 30.1 Å². The fourth-order valence-electron chi connectivity index (χ4n) is 3.19. The third kappa shape index (κ3) is 3.88. The maximum atomic E-state index is 12.3. The van der Waals surface area contributed by atoms with E-state index in [-0.39, 0.29) is 11.6 Å². The van der Waals surface area contributed by atoms with Crippen molar-refractivity contribution < 1.29 is 27.4 Å². The summed E-state index contributed by atoms with van der Waals surface area (Å²) in [5.41, 5.74) is 6.60. The Bertz CT molecular complexity index is 764. The lowest BCUT2D eigenvalue weighted by atomic mass is 10.1. The first-order valence-corrected chi connectivity index (χ1v) is 8.44. The molecule has 0 spiro atoms. The second-order valence-electron chi connectivity index (χ2n) is 6.35. The number of anilines is 1. The standard InChI is InChI=1S/C16H18F3N5O3/c17-16(18,19)27-9-1-2-11-10(7-9)15(25)26-14(21-11)12-3-4-13(23-22-12)24-6-5-20-8-24/h1-2,4,7,12,14,20-23H,3,5-6,8H2. The van der Waals surface area contributed by atoms with Crippen LogP contribution in [0.4, 0.5) is 18.9 Å². The van der Waals surface area contributed by atoms with Gasteiger partial charge in [0.1, 0.15) is 11.6 Å². The molecule has 0 amide bonds. The summed E-state index contributed by atoms with van der Waals surface area (Å²) in [5.74, 6) is -0.225. The Morgan fingerprint density at radius 2 is 2.15 bits per heavy atom. The fraction of sp³-hybridized carbons (Fsp3) is 0.438. The minimum Gasteiger partial charge on any atom is -0.436 e. The van der Waals surface area contributed by atoms with Crippen LogP contribution < -0.4 is 26.2 Å². The number of benzene rings is 1. The highest BCUT2D eigenvalue weighted by atomic mass is 19.4. The number of cyclic esters (lactones) is 1. The summed E-state index contributed by atoms with van der Waals surface area (Å²) in [4.78, 5) is 14.4. The molecule has 2 atom stereocenters. The van der Waals surface area contributed by atoms with Gasteiger partial charge in [-0.1, -0.05) is 0 Å². The molecule has 3 aliphatic heterocycles. The van der Waals surface area contributed by atoms with Crippen molar-refractivity contribution in [3.63, 3.8) is 0 Å². The number of fused-ring (bicyclic) bond motifs is 1. The van der Waals surface area contributed by atoms with Gasteiger partial charge in [-0.3, -0.25) is 5.32 Å². The van der Waals surface area contributed by atoms with Crippen LogP contribution >= 0.6 is 0 Å². The normalized spacial score (nSPS) is 25.1. The van der Waals surface area contributed by atoms with Crippen LogP contribution in [0.3, 0.4) is 0 Å². The maximum absolute atomic E-state index is 12.3. The quantitative estimate of drug-likeness (QED) is 0.575. The van der Waals surface area contributed by atoms with Crippen LogP contribution in [-0.4, -0.2) is 49.3 Å². The third-order valence-electron chi connectivity index (χ3n) is 4.49. The molecule has 3 aliphatic rings. The molecule has 11 heteroatoms. The lowest BCUT2D eigenvalue weighted by molar-refractivity contribution is -0.274. The average Bonchev–Trinajstić information content (AvgIpc) is 3.15. The van der Waals surface area contributed by atoms with Crippen molar-refractivity contribution in [2.75, 3.05) is 25.1 Å². The molecule has 1 aromatic rings. The monoisotopic (exact) mass is 385 g/mol. The maximum Gasteiger partial charge on any atom is 0.573 e. The van der Waals surface area contributed by atoms with Crippen molar-refractivity contribution in [2.24, 2.45) is 0 Å². The predicted molar refractivity (Wildman–Crippen MR) is 88.3 cm³/mol.